The molecule has 1 heterocycles. The fraction of sp³-hybridized carbons (Fsp3) is 0.600. The molecule has 1 saturated heterocycles. The molecule has 1 N–H and O–H groups in total. The number of rotatable bonds is 2. The van der Waals surface area contributed by atoms with Crippen LogP contribution < -0.4 is 5.32 Å². The number of nitrogens with zero attached hydrogens (tertiary/aromatic N) is 1. The molecular weight excluding hydrogens is 343 g/mol. The molecule has 0 unspecified atom stereocenters. The van der Waals surface area contributed by atoms with E-state index >= 15 is 0 Å². The van der Waals surface area contributed by atoms with Gasteiger partial charge >= 0.3 is 0 Å². The SMILES string of the molecule is CC(C)(C)[C@@H](c1ccc(F)c(Br)c1)N1CCNCC1.Cl. The topological polar surface area (TPSA) is 15.3 Å². The third-order valence-electron chi connectivity index (χ3n) is 3.60. The number of halogens is 3. The maximum Gasteiger partial charge on any atom is 0.137 e. The predicted octanol–water partition coefficient (Wildman–Crippen LogP) is 4.00. The Kier molecular flexibility index (Phi) is 6.45. The number of benzene rings is 1. The van der Waals surface area contributed by atoms with Gasteiger partial charge in [0.1, 0.15) is 5.82 Å². The fourth-order valence-electron chi connectivity index (χ4n) is 2.88. The summed E-state index contributed by atoms with van der Waals surface area (Å²) in [5.41, 5.74) is 1.30. The molecule has 1 aromatic rings. The van der Waals surface area contributed by atoms with Gasteiger partial charge in [0.25, 0.3) is 0 Å². The standard InChI is InChI=1S/C15H22BrFN2.ClH/c1-15(2,3)14(19-8-6-18-7-9-19)11-4-5-13(17)12(16)10-11;/h4-5,10,14,18H,6-9H2,1-3H3;1H/t14-;/m1./s1. The zero-order valence-electron chi connectivity index (χ0n) is 12.2. The molecule has 2 rings (SSSR count). The molecule has 1 fully saturated rings. The Morgan fingerprint density at radius 3 is 2.35 bits per heavy atom. The van der Waals surface area contributed by atoms with E-state index in [0.29, 0.717) is 10.5 Å². The first kappa shape index (κ1) is 17.9. The molecule has 0 amide bonds. The number of piperazine rings is 1. The molecule has 0 radical (unpaired) electrons. The van der Waals surface area contributed by atoms with Crippen LogP contribution in [0.2, 0.25) is 0 Å². The minimum atomic E-state index is -0.197. The van der Waals surface area contributed by atoms with E-state index in [0.717, 1.165) is 26.2 Å². The molecule has 0 spiro atoms. The Balaban J connectivity index is 0.00000200. The highest BCUT2D eigenvalue weighted by atomic mass is 79.9. The minimum absolute atomic E-state index is 0. The fourth-order valence-corrected chi connectivity index (χ4v) is 3.28. The highest BCUT2D eigenvalue weighted by Crippen LogP contribution is 2.39. The Morgan fingerprint density at radius 2 is 1.85 bits per heavy atom. The van der Waals surface area contributed by atoms with Crippen molar-refractivity contribution in [2.75, 3.05) is 26.2 Å². The highest BCUT2D eigenvalue weighted by molar-refractivity contribution is 9.10. The van der Waals surface area contributed by atoms with Crippen molar-refractivity contribution in [3.63, 3.8) is 0 Å². The normalized spacial score (nSPS) is 18.4. The van der Waals surface area contributed by atoms with Gasteiger partial charge < -0.3 is 5.32 Å². The maximum absolute atomic E-state index is 13.4. The molecule has 20 heavy (non-hydrogen) atoms. The second-order valence-electron chi connectivity index (χ2n) is 6.23. The monoisotopic (exact) mass is 364 g/mol. The molecule has 0 aromatic heterocycles. The Labute approximate surface area is 135 Å². The second kappa shape index (κ2) is 7.21. The Bertz CT molecular complexity index is 442. The summed E-state index contributed by atoms with van der Waals surface area (Å²) >= 11 is 3.30. The summed E-state index contributed by atoms with van der Waals surface area (Å²) in [6.45, 7) is 10.9. The van der Waals surface area contributed by atoms with Crippen LogP contribution in [0.3, 0.4) is 0 Å². The van der Waals surface area contributed by atoms with Crippen LogP contribution in [0.5, 0.6) is 0 Å². The number of hydrogen-bond acceptors (Lipinski definition) is 2. The summed E-state index contributed by atoms with van der Waals surface area (Å²) in [6.07, 6.45) is 0. The molecule has 0 aliphatic carbocycles. The molecule has 1 aromatic carbocycles. The van der Waals surface area contributed by atoms with E-state index in [1.54, 1.807) is 6.07 Å². The molecule has 114 valence electrons. The van der Waals surface area contributed by atoms with Gasteiger partial charge in [-0.25, -0.2) is 4.39 Å². The van der Waals surface area contributed by atoms with Crippen molar-refractivity contribution in [3.8, 4) is 0 Å². The first-order valence-corrected chi connectivity index (χ1v) is 7.58. The van der Waals surface area contributed by atoms with Crippen molar-refractivity contribution in [1.29, 1.82) is 0 Å². The summed E-state index contributed by atoms with van der Waals surface area (Å²) in [6, 6.07) is 5.71. The number of nitrogens with one attached hydrogen (secondary N) is 1. The van der Waals surface area contributed by atoms with Crippen LogP contribution in [0.15, 0.2) is 22.7 Å². The molecule has 1 atom stereocenters. The van der Waals surface area contributed by atoms with Crippen molar-refractivity contribution >= 4 is 28.3 Å². The van der Waals surface area contributed by atoms with Gasteiger partial charge in [0.2, 0.25) is 0 Å². The third-order valence-corrected chi connectivity index (χ3v) is 4.20. The summed E-state index contributed by atoms with van der Waals surface area (Å²) in [5, 5.41) is 3.38. The van der Waals surface area contributed by atoms with E-state index in [-0.39, 0.29) is 23.6 Å². The lowest BCUT2D eigenvalue weighted by atomic mass is 9.81. The van der Waals surface area contributed by atoms with Crippen LogP contribution in [0.1, 0.15) is 32.4 Å². The average molecular weight is 366 g/mol. The summed E-state index contributed by atoms with van der Waals surface area (Å²) < 4.78 is 14.0. The van der Waals surface area contributed by atoms with Gasteiger partial charge in [-0.1, -0.05) is 26.8 Å². The summed E-state index contributed by atoms with van der Waals surface area (Å²) in [4.78, 5) is 2.50. The van der Waals surface area contributed by atoms with Crippen LogP contribution in [0, 0.1) is 11.2 Å². The second-order valence-corrected chi connectivity index (χ2v) is 7.08. The molecule has 0 bridgehead atoms. The molecular formula is C15H23BrClFN2. The molecule has 1 aliphatic heterocycles. The van der Waals surface area contributed by atoms with Crippen molar-refractivity contribution in [1.82, 2.24) is 10.2 Å². The zero-order valence-corrected chi connectivity index (χ0v) is 14.7. The smallest absolute Gasteiger partial charge is 0.137 e. The van der Waals surface area contributed by atoms with Gasteiger partial charge in [0, 0.05) is 32.2 Å². The van der Waals surface area contributed by atoms with E-state index in [1.165, 1.54) is 5.56 Å². The van der Waals surface area contributed by atoms with Crippen molar-refractivity contribution in [3.05, 3.63) is 34.1 Å². The largest absolute Gasteiger partial charge is 0.314 e. The highest BCUT2D eigenvalue weighted by Gasteiger charge is 2.32. The quantitative estimate of drug-likeness (QED) is 0.852. The molecule has 2 nitrogen and oxygen atoms in total. The predicted molar refractivity (Wildman–Crippen MR) is 88.0 cm³/mol. The zero-order chi connectivity index (χ0) is 14.0. The first-order chi connectivity index (χ1) is 8.89. The van der Waals surface area contributed by atoms with Crippen molar-refractivity contribution < 1.29 is 4.39 Å². The minimum Gasteiger partial charge on any atom is -0.314 e. The number of hydrogen-bond donors (Lipinski definition) is 1. The third kappa shape index (κ3) is 4.17. The average Bonchev–Trinajstić information content (AvgIpc) is 2.34. The molecule has 1 aliphatic rings. The van der Waals surface area contributed by atoms with E-state index in [2.05, 4.69) is 46.9 Å². The van der Waals surface area contributed by atoms with Gasteiger partial charge in [-0.15, -0.1) is 12.4 Å². The first-order valence-electron chi connectivity index (χ1n) is 6.79. The van der Waals surface area contributed by atoms with Crippen LogP contribution in [0.4, 0.5) is 4.39 Å². The van der Waals surface area contributed by atoms with Crippen molar-refractivity contribution in [2.24, 2.45) is 5.41 Å². The van der Waals surface area contributed by atoms with Gasteiger partial charge in [-0.05, 0) is 39.0 Å². The van der Waals surface area contributed by atoms with Crippen LogP contribution in [-0.2, 0) is 0 Å². The van der Waals surface area contributed by atoms with E-state index < -0.39 is 0 Å². The molecule has 0 saturated carbocycles. The summed E-state index contributed by atoms with van der Waals surface area (Å²) in [5.74, 6) is -0.197. The lowest BCUT2D eigenvalue weighted by Gasteiger charge is -2.42. The van der Waals surface area contributed by atoms with Gasteiger partial charge in [0.05, 0.1) is 4.47 Å². The Morgan fingerprint density at radius 1 is 1.25 bits per heavy atom. The molecule has 5 heteroatoms. The van der Waals surface area contributed by atoms with E-state index in [4.69, 9.17) is 0 Å². The summed E-state index contributed by atoms with van der Waals surface area (Å²) in [7, 11) is 0. The van der Waals surface area contributed by atoms with Crippen molar-refractivity contribution in [2.45, 2.75) is 26.8 Å². The van der Waals surface area contributed by atoms with Gasteiger partial charge in [-0.2, -0.15) is 0 Å². The van der Waals surface area contributed by atoms with Gasteiger partial charge in [-0.3, -0.25) is 4.90 Å². The maximum atomic E-state index is 13.4. The van der Waals surface area contributed by atoms with Crippen LogP contribution in [0.25, 0.3) is 0 Å². The van der Waals surface area contributed by atoms with E-state index in [9.17, 15) is 4.39 Å². The Hall–Kier alpha value is -0.160. The van der Waals surface area contributed by atoms with Crippen LogP contribution in [-0.4, -0.2) is 31.1 Å². The van der Waals surface area contributed by atoms with E-state index in [1.807, 2.05) is 12.1 Å². The van der Waals surface area contributed by atoms with Crippen LogP contribution >= 0.6 is 28.3 Å². The lowest BCUT2D eigenvalue weighted by molar-refractivity contribution is 0.0861. The van der Waals surface area contributed by atoms with Gasteiger partial charge in [0.15, 0.2) is 0 Å². The lowest BCUT2D eigenvalue weighted by Crippen LogP contribution is -2.48.